The Balaban J connectivity index is 1.14. The van der Waals surface area contributed by atoms with Gasteiger partial charge in [0.2, 0.25) is 0 Å². The van der Waals surface area contributed by atoms with Gasteiger partial charge in [-0.05, 0) is 98.1 Å². The molecule has 0 saturated heterocycles. The lowest BCUT2D eigenvalue weighted by atomic mass is 9.77. The summed E-state index contributed by atoms with van der Waals surface area (Å²) >= 11 is 0. The van der Waals surface area contributed by atoms with Crippen LogP contribution in [0.3, 0.4) is 0 Å². The average molecular weight is 756 g/mol. The monoisotopic (exact) mass is 755 g/mol. The van der Waals surface area contributed by atoms with Crippen LogP contribution in [0.4, 0.5) is 17.1 Å². The quantitative estimate of drug-likeness (QED) is 0.161. The molecule has 1 aliphatic carbocycles. The molecule has 1 heterocycles. The van der Waals surface area contributed by atoms with Gasteiger partial charge in [0.05, 0.1) is 11.4 Å². The van der Waals surface area contributed by atoms with E-state index in [1.54, 1.807) is 0 Å². The fourth-order valence-corrected chi connectivity index (χ4v) is 9.58. The van der Waals surface area contributed by atoms with Crippen LogP contribution in [0.15, 0.2) is 217 Å². The molecule has 1 aromatic heterocycles. The molecule has 0 radical (unpaired) electrons. The van der Waals surface area contributed by atoms with E-state index in [9.17, 15) is 0 Å². The summed E-state index contributed by atoms with van der Waals surface area (Å²) in [5.41, 5.74) is 19.8. The van der Waals surface area contributed by atoms with E-state index in [2.05, 4.69) is 219 Å². The highest BCUT2D eigenvalue weighted by atomic mass is 16.3. The van der Waals surface area contributed by atoms with Crippen molar-refractivity contribution in [3.8, 4) is 55.6 Å². The third-order valence-corrected chi connectivity index (χ3v) is 12.3. The Hall–Kier alpha value is -7.42. The summed E-state index contributed by atoms with van der Waals surface area (Å²) in [5.74, 6) is 0. The summed E-state index contributed by atoms with van der Waals surface area (Å²) in [7, 11) is 0. The Morgan fingerprint density at radius 1 is 0.373 bits per heavy atom. The van der Waals surface area contributed by atoms with Gasteiger partial charge in [0.1, 0.15) is 11.2 Å². The predicted octanol–water partition coefficient (Wildman–Crippen LogP) is 16.0. The summed E-state index contributed by atoms with van der Waals surface area (Å²) in [6, 6.07) is 77.0. The molecular formula is C57H41NO. The minimum Gasteiger partial charge on any atom is -0.456 e. The van der Waals surface area contributed by atoms with Crippen molar-refractivity contribution in [3.63, 3.8) is 0 Å². The molecule has 10 aromatic rings. The first-order chi connectivity index (χ1) is 29.0. The zero-order valence-corrected chi connectivity index (χ0v) is 33.1. The SMILES string of the molecule is CC1(C)c2ccccc2-c2cccc(-c3cccc(N(c4ccc(-c5ccc6oc7ccccc7c6c5)cc4)c4ccccc4-c4ccccc4)c3-c3ccccc3)c21. The molecule has 0 fully saturated rings. The molecule has 0 spiro atoms. The largest absolute Gasteiger partial charge is 0.456 e. The fraction of sp³-hybridized carbons (Fsp3) is 0.0526. The molecule has 1 aliphatic rings. The molecule has 280 valence electrons. The van der Waals surface area contributed by atoms with Crippen molar-refractivity contribution in [2.75, 3.05) is 4.90 Å². The van der Waals surface area contributed by atoms with E-state index in [1.807, 2.05) is 12.1 Å². The number of para-hydroxylation sites is 2. The molecule has 2 heteroatoms. The van der Waals surface area contributed by atoms with E-state index in [0.29, 0.717) is 0 Å². The lowest BCUT2D eigenvalue weighted by Crippen LogP contribution is -2.17. The highest BCUT2D eigenvalue weighted by Gasteiger charge is 2.38. The lowest BCUT2D eigenvalue weighted by molar-refractivity contribution is 0.662. The minimum absolute atomic E-state index is 0.173. The first kappa shape index (κ1) is 34.8. The second-order valence-electron chi connectivity index (χ2n) is 16.0. The molecular weight excluding hydrogens is 715 g/mol. The Labute approximate surface area is 345 Å². The van der Waals surface area contributed by atoms with E-state index >= 15 is 0 Å². The Kier molecular flexibility index (Phi) is 8.20. The first-order valence-electron chi connectivity index (χ1n) is 20.4. The topological polar surface area (TPSA) is 16.4 Å². The van der Waals surface area contributed by atoms with Gasteiger partial charge in [-0.2, -0.15) is 0 Å². The maximum Gasteiger partial charge on any atom is 0.135 e. The zero-order chi connectivity index (χ0) is 39.5. The smallest absolute Gasteiger partial charge is 0.135 e. The van der Waals surface area contributed by atoms with Gasteiger partial charge in [0.15, 0.2) is 0 Å². The molecule has 59 heavy (non-hydrogen) atoms. The van der Waals surface area contributed by atoms with Crippen LogP contribution < -0.4 is 4.90 Å². The highest BCUT2D eigenvalue weighted by molar-refractivity contribution is 6.06. The summed E-state index contributed by atoms with van der Waals surface area (Å²) in [4.78, 5) is 2.47. The van der Waals surface area contributed by atoms with Crippen LogP contribution in [0.1, 0.15) is 25.0 Å². The van der Waals surface area contributed by atoms with Gasteiger partial charge in [0.25, 0.3) is 0 Å². The molecule has 0 N–H and O–H groups in total. The third kappa shape index (κ3) is 5.71. The second-order valence-corrected chi connectivity index (χ2v) is 16.0. The van der Waals surface area contributed by atoms with Crippen molar-refractivity contribution in [3.05, 3.63) is 223 Å². The number of rotatable bonds is 7. The summed E-state index contributed by atoms with van der Waals surface area (Å²) in [5, 5.41) is 2.26. The molecule has 0 unspecified atom stereocenters. The summed E-state index contributed by atoms with van der Waals surface area (Å²) < 4.78 is 6.17. The molecule has 2 nitrogen and oxygen atoms in total. The van der Waals surface area contributed by atoms with Gasteiger partial charge in [0, 0.05) is 33.0 Å². The van der Waals surface area contributed by atoms with Gasteiger partial charge >= 0.3 is 0 Å². The van der Waals surface area contributed by atoms with Gasteiger partial charge < -0.3 is 9.32 Å². The van der Waals surface area contributed by atoms with Crippen LogP contribution in [0.5, 0.6) is 0 Å². The number of fused-ring (bicyclic) bond motifs is 6. The van der Waals surface area contributed by atoms with Gasteiger partial charge in [-0.1, -0.05) is 184 Å². The molecule has 0 aliphatic heterocycles. The number of nitrogens with zero attached hydrogens (tertiary/aromatic N) is 1. The van der Waals surface area contributed by atoms with Crippen LogP contribution in [-0.4, -0.2) is 0 Å². The Bertz CT molecular complexity index is 3170. The van der Waals surface area contributed by atoms with Crippen LogP contribution in [0.25, 0.3) is 77.6 Å². The first-order valence-corrected chi connectivity index (χ1v) is 20.4. The van der Waals surface area contributed by atoms with E-state index in [-0.39, 0.29) is 5.41 Å². The molecule has 0 saturated carbocycles. The standard InChI is InChI=1S/C57H41NO/c1-57(2)50-27-12-9-22-44(50)47-25-15-26-48(56(47)57)46-24-16-29-52(55(46)40-19-7-4-8-20-40)58(51-28-13-10-21-43(51)39-17-5-3-6-18-39)42-34-31-38(32-35-42)41-33-36-54-49(37-41)45-23-11-14-30-53(45)59-54/h3-37H,1-2H3. The molecule has 0 bridgehead atoms. The summed E-state index contributed by atoms with van der Waals surface area (Å²) in [6.07, 6.45) is 0. The van der Waals surface area contributed by atoms with E-state index < -0.39 is 0 Å². The third-order valence-electron chi connectivity index (χ3n) is 12.3. The average Bonchev–Trinajstić information content (AvgIpc) is 3.79. The number of benzene rings is 9. The maximum absolute atomic E-state index is 6.17. The van der Waals surface area contributed by atoms with Gasteiger partial charge in [-0.25, -0.2) is 0 Å². The van der Waals surface area contributed by atoms with Crippen molar-refractivity contribution >= 4 is 39.0 Å². The van der Waals surface area contributed by atoms with E-state index in [1.165, 1.54) is 50.1 Å². The van der Waals surface area contributed by atoms with Crippen molar-refractivity contribution in [2.24, 2.45) is 0 Å². The van der Waals surface area contributed by atoms with Crippen LogP contribution in [-0.2, 0) is 5.41 Å². The fourth-order valence-electron chi connectivity index (χ4n) is 9.58. The van der Waals surface area contributed by atoms with Crippen LogP contribution in [0, 0.1) is 0 Å². The van der Waals surface area contributed by atoms with Gasteiger partial charge in [-0.15, -0.1) is 0 Å². The maximum atomic E-state index is 6.17. The zero-order valence-electron chi connectivity index (χ0n) is 33.1. The Morgan fingerprint density at radius 2 is 0.932 bits per heavy atom. The lowest BCUT2D eigenvalue weighted by Gasteiger charge is -2.32. The van der Waals surface area contributed by atoms with E-state index in [0.717, 1.165) is 55.7 Å². The van der Waals surface area contributed by atoms with Crippen molar-refractivity contribution in [2.45, 2.75) is 19.3 Å². The highest BCUT2D eigenvalue weighted by Crippen LogP contribution is 2.55. The van der Waals surface area contributed by atoms with Gasteiger partial charge in [-0.3, -0.25) is 0 Å². The second kappa shape index (κ2) is 13.9. The predicted molar refractivity (Wildman–Crippen MR) is 248 cm³/mol. The van der Waals surface area contributed by atoms with Crippen LogP contribution >= 0.6 is 0 Å². The Morgan fingerprint density at radius 3 is 1.73 bits per heavy atom. The molecule has 0 atom stereocenters. The summed E-state index contributed by atoms with van der Waals surface area (Å²) in [6.45, 7) is 4.76. The van der Waals surface area contributed by atoms with Crippen LogP contribution in [0.2, 0.25) is 0 Å². The minimum atomic E-state index is -0.173. The molecule has 11 rings (SSSR count). The molecule has 9 aromatic carbocycles. The number of hydrogen-bond donors (Lipinski definition) is 0. The van der Waals surface area contributed by atoms with Crippen molar-refractivity contribution < 1.29 is 4.42 Å². The normalized spacial score (nSPS) is 12.7. The molecule has 0 amide bonds. The van der Waals surface area contributed by atoms with Crippen molar-refractivity contribution in [1.29, 1.82) is 0 Å². The number of hydrogen-bond acceptors (Lipinski definition) is 2. The number of furan rings is 1. The van der Waals surface area contributed by atoms with E-state index in [4.69, 9.17) is 4.42 Å². The van der Waals surface area contributed by atoms with Crippen molar-refractivity contribution in [1.82, 2.24) is 0 Å². The number of anilines is 3.